The van der Waals surface area contributed by atoms with Gasteiger partial charge in [-0.1, -0.05) is 54.6 Å². The van der Waals surface area contributed by atoms with E-state index in [1.54, 1.807) is 12.1 Å². The number of aromatic amines is 1. The van der Waals surface area contributed by atoms with E-state index in [4.69, 9.17) is 4.74 Å². The normalized spacial score (nSPS) is 12.2. The fourth-order valence-corrected chi connectivity index (χ4v) is 4.84. The summed E-state index contributed by atoms with van der Waals surface area (Å²) in [5.74, 6) is -0.472. The first-order valence-corrected chi connectivity index (χ1v) is 13.7. The summed E-state index contributed by atoms with van der Waals surface area (Å²) in [4.78, 5) is 17.4. The lowest BCUT2D eigenvalue weighted by atomic mass is 10.0. The summed E-state index contributed by atoms with van der Waals surface area (Å²) in [6.45, 7) is 1.90. The smallest absolute Gasteiger partial charge is 0.246 e. The third-order valence-electron chi connectivity index (χ3n) is 7.03. The quantitative estimate of drug-likeness (QED) is 0.159. The number of para-hydroxylation sites is 1. The number of nitrogens with zero attached hydrogens (tertiary/aromatic N) is 1. The topological polar surface area (TPSA) is 97.8 Å². The van der Waals surface area contributed by atoms with Gasteiger partial charge in [0.25, 0.3) is 0 Å². The molecule has 0 aliphatic carbocycles. The SMILES string of the molecule is O=C(COCc1ccc(F)cc1)NCCCc1ccc(CN(CCO)C(CO)Cc2c[nH]c3ccccc23)cc1. The second-order valence-electron chi connectivity index (χ2n) is 9.98. The highest BCUT2D eigenvalue weighted by Crippen LogP contribution is 2.21. The minimum absolute atomic E-state index is 0.000584. The molecule has 8 heteroatoms. The van der Waals surface area contributed by atoms with Crippen molar-refractivity contribution in [2.75, 3.05) is 32.9 Å². The van der Waals surface area contributed by atoms with Gasteiger partial charge < -0.3 is 25.3 Å². The molecule has 3 aromatic carbocycles. The summed E-state index contributed by atoms with van der Waals surface area (Å²) in [5.41, 5.74) is 5.34. The van der Waals surface area contributed by atoms with Gasteiger partial charge in [-0.2, -0.15) is 0 Å². The van der Waals surface area contributed by atoms with Crippen molar-refractivity contribution in [1.82, 2.24) is 15.2 Å². The zero-order valence-corrected chi connectivity index (χ0v) is 22.7. The van der Waals surface area contributed by atoms with Gasteiger partial charge in [0.15, 0.2) is 0 Å². The van der Waals surface area contributed by atoms with Crippen LogP contribution in [0.4, 0.5) is 4.39 Å². The number of aliphatic hydroxyl groups excluding tert-OH is 2. The van der Waals surface area contributed by atoms with E-state index in [9.17, 15) is 19.4 Å². The van der Waals surface area contributed by atoms with Crippen LogP contribution in [0.15, 0.2) is 79.0 Å². The number of carbonyl (C=O) groups excluding carboxylic acids is 1. The summed E-state index contributed by atoms with van der Waals surface area (Å²) in [6, 6.07) is 22.4. The standard InChI is InChI=1S/C32H38FN3O4/c33-28-13-11-26(12-14-28)22-40-23-32(39)34-15-3-4-24-7-9-25(10-8-24)20-36(16-17-37)29(21-38)18-27-19-35-31-6-2-1-5-30(27)31/h1-2,5-14,19,29,35,37-38H,3-4,15-18,20-23H2,(H,34,39). The number of nitrogens with one attached hydrogen (secondary N) is 2. The molecule has 0 aliphatic heterocycles. The van der Waals surface area contributed by atoms with Gasteiger partial charge >= 0.3 is 0 Å². The Morgan fingerprint density at radius 3 is 2.45 bits per heavy atom. The first-order valence-electron chi connectivity index (χ1n) is 13.7. The minimum atomic E-state index is -0.299. The number of aryl methyl sites for hydroxylation is 1. The average Bonchev–Trinajstić information content (AvgIpc) is 3.38. The maximum Gasteiger partial charge on any atom is 0.246 e. The molecule has 1 heterocycles. The Morgan fingerprint density at radius 2 is 1.70 bits per heavy atom. The number of H-pyrrole nitrogens is 1. The third kappa shape index (κ3) is 8.72. The molecule has 4 aromatic rings. The molecule has 0 fully saturated rings. The Kier molecular flexibility index (Phi) is 11.2. The van der Waals surface area contributed by atoms with Crippen LogP contribution >= 0.6 is 0 Å². The molecule has 0 bridgehead atoms. The van der Waals surface area contributed by atoms with Crippen molar-refractivity contribution in [2.24, 2.45) is 0 Å². The van der Waals surface area contributed by atoms with Gasteiger partial charge in [-0.15, -0.1) is 0 Å². The Morgan fingerprint density at radius 1 is 0.975 bits per heavy atom. The molecule has 1 unspecified atom stereocenters. The largest absolute Gasteiger partial charge is 0.395 e. The van der Waals surface area contributed by atoms with Gasteiger partial charge in [-0.25, -0.2) is 4.39 Å². The van der Waals surface area contributed by atoms with Crippen molar-refractivity contribution in [3.05, 3.63) is 107 Å². The lowest BCUT2D eigenvalue weighted by Crippen LogP contribution is -2.40. The van der Waals surface area contributed by atoms with Crippen molar-refractivity contribution in [3.63, 3.8) is 0 Å². The number of aromatic nitrogens is 1. The molecule has 40 heavy (non-hydrogen) atoms. The van der Waals surface area contributed by atoms with Crippen molar-refractivity contribution < 1.29 is 24.1 Å². The van der Waals surface area contributed by atoms with Gasteiger partial charge in [0.1, 0.15) is 12.4 Å². The maximum absolute atomic E-state index is 12.9. The zero-order valence-electron chi connectivity index (χ0n) is 22.7. The van der Waals surface area contributed by atoms with Gasteiger partial charge in [-0.05, 0) is 59.7 Å². The van der Waals surface area contributed by atoms with E-state index in [-0.39, 0.29) is 44.2 Å². The highest BCUT2D eigenvalue weighted by atomic mass is 19.1. The molecule has 212 valence electrons. The van der Waals surface area contributed by atoms with Crippen molar-refractivity contribution in [3.8, 4) is 0 Å². The highest BCUT2D eigenvalue weighted by Gasteiger charge is 2.20. The predicted octanol–water partition coefficient (Wildman–Crippen LogP) is 3.97. The number of amides is 1. The monoisotopic (exact) mass is 547 g/mol. The van der Waals surface area contributed by atoms with E-state index in [1.165, 1.54) is 17.7 Å². The molecule has 0 saturated carbocycles. The minimum Gasteiger partial charge on any atom is -0.395 e. The van der Waals surface area contributed by atoms with E-state index < -0.39 is 0 Å². The number of halogens is 1. The fraction of sp³-hybridized carbons (Fsp3) is 0.344. The van der Waals surface area contributed by atoms with E-state index in [1.807, 2.05) is 24.4 Å². The molecule has 0 spiro atoms. The number of benzene rings is 3. The Balaban J connectivity index is 1.20. The average molecular weight is 548 g/mol. The maximum atomic E-state index is 12.9. The molecule has 1 aromatic heterocycles. The third-order valence-corrected chi connectivity index (χ3v) is 7.03. The van der Waals surface area contributed by atoms with E-state index in [0.717, 1.165) is 40.4 Å². The molecular weight excluding hydrogens is 509 g/mol. The molecule has 0 radical (unpaired) electrons. The highest BCUT2D eigenvalue weighted by molar-refractivity contribution is 5.83. The lowest BCUT2D eigenvalue weighted by Gasteiger charge is -2.30. The number of ether oxygens (including phenoxy) is 1. The first-order chi connectivity index (χ1) is 19.6. The number of fused-ring (bicyclic) bond motifs is 1. The number of hydrogen-bond donors (Lipinski definition) is 4. The summed E-state index contributed by atoms with van der Waals surface area (Å²) in [5, 5.41) is 23.9. The molecule has 1 amide bonds. The lowest BCUT2D eigenvalue weighted by molar-refractivity contribution is -0.126. The Bertz CT molecular complexity index is 1320. The Labute approximate surface area is 234 Å². The number of carbonyl (C=O) groups is 1. The van der Waals surface area contributed by atoms with Crippen molar-refractivity contribution in [1.29, 1.82) is 0 Å². The first kappa shape index (κ1) is 29.4. The number of rotatable bonds is 16. The van der Waals surface area contributed by atoms with E-state index in [2.05, 4.69) is 45.5 Å². The zero-order chi connectivity index (χ0) is 28.2. The van der Waals surface area contributed by atoms with Crippen molar-refractivity contribution >= 4 is 16.8 Å². The van der Waals surface area contributed by atoms with Gasteiger partial charge in [0.05, 0.1) is 19.8 Å². The van der Waals surface area contributed by atoms with Crippen LogP contribution in [0.5, 0.6) is 0 Å². The van der Waals surface area contributed by atoms with E-state index in [0.29, 0.717) is 26.1 Å². The van der Waals surface area contributed by atoms with Crippen molar-refractivity contribution in [2.45, 2.75) is 38.5 Å². The summed E-state index contributed by atoms with van der Waals surface area (Å²) in [7, 11) is 0. The van der Waals surface area contributed by atoms with Crippen LogP contribution in [0.3, 0.4) is 0 Å². The molecule has 1 atom stereocenters. The van der Waals surface area contributed by atoms with Crippen LogP contribution < -0.4 is 5.32 Å². The van der Waals surface area contributed by atoms with Crippen LogP contribution in [-0.4, -0.2) is 65.0 Å². The van der Waals surface area contributed by atoms with Crippen LogP contribution in [0, 0.1) is 5.82 Å². The van der Waals surface area contributed by atoms with Gasteiger partial charge in [0.2, 0.25) is 5.91 Å². The number of hydrogen-bond acceptors (Lipinski definition) is 5. The summed E-state index contributed by atoms with van der Waals surface area (Å²) < 4.78 is 18.3. The predicted molar refractivity (Wildman–Crippen MR) is 154 cm³/mol. The van der Waals surface area contributed by atoms with Crippen LogP contribution in [0.25, 0.3) is 10.9 Å². The van der Waals surface area contributed by atoms with Gasteiger partial charge in [0, 0.05) is 42.8 Å². The summed E-state index contributed by atoms with van der Waals surface area (Å²) >= 11 is 0. The molecule has 7 nitrogen and oxygen atoms in total. The van der Waals surface area contributed by atoms with Crippen LogP contribution in [0.1, 0.15) is 28.7 Å². The van der Waals surface area contributed by atoms with Crippen LogP contribution in [-0.2, 0) is 35.5 Å². The van der Waals surface area contributed by atoms with Gasteiger partial charge in [-0.3, -0.25) is 9.69 Å². The summed E-state index contributed by atoms with van der Waals surface area (Å²) in [6.07, 6.45) is 4.32. The molecule has 4 rings (SSSR count). The molecular formula is C32H38FN3O4. The second kappa shape index (κ2) is 15.3. The molecule has 0 aliphatic rings. The Hall–Kier alpha value is -3.56. The van der Waals surface area contributed by atoms with E-state index >= 15 is 0 Å². The number of aliphatic hydroxyl groups is 2. The van der Waals surface area contributed by atoms with Crippen LogP contribution in [0.2, 0.25) is 0 Å². The fourth-order valence-electron chi connectivity index (χ4n) is 4.84. The molecule has 0 saturated heterocycles. The second-order valence-corrected chi connectivity index (χ2v) is 9.98. The molecule has 4 N–H and O–H groups in total.